The van der Waals surface area contributed by atoms with Gasteiger partial charge in [0.1, 0.15) is 17.4 Å². The molecule has 40 heavy (non-hydrogen) atoms. The number of nitrogens with one attached hydrogen (secondary N) is 4. The van der Waals surface area contributed by atoms with Crippen molar-refractivity contribution in [1.29, 1.82) is 0 Å². The smallest absolute Gasteiger partial charge is 0.234 e. The second-order valence-electron chi connectivity index (χ2n) is 9.89. The van der Waals surface area contributed by atoms with Gasteiger partial charge in [-0.05, 0) is 85.8 Å². The predicted molar refractivity (Wildman–Crippen MR) is 159 cm³/mol. The fourth-order valence-electron chi connectivity index (χ4n) is 4.26. The summed E-state index contributed by atoms with van der Waals surface area (Å²) in [6.07, 6.45) is 2.54. The molecular weight excluding hydrogens is 527 g/mol. The molecular formula is C30H31FN6O2S. The minimum atomic E-state index is -0.915. The molecule has 0 spiro atoms. The van der Waals surface area contributed by atoms with Crippen LogP contribution in [0.5, 0.6) is 5.75 Å². The lowest BCUT2D eigenvalue weighted by Gasteiger charge is -2.25. The van der Waals surface area contributed by atoms with Gasteiger partial charge in [-0.25, -0.2) is 9.37 Å². The highest BCUT2D eigenvalue weighted by molar-refractivity contribution is 7.97. The molecule has 0 aliphatic carbocycles. The molecule has 2 heterocycles. The number of halogens is 1. The van der Waals surface area contributed by atoms with Gasteiger partial charge in [0.05, 0.1) is 18.2 Å². The minimum Gasteiger partial charge on any atom is -0.497 e. The van der Waals surface area contributed by atoms with Crippen molar-refractivity contribution in [2.75, 3.05) is 36.1 Å². The summed E-state index contributed by atoms with van der Waals surface area (Å²) in [6, 6.07) is 20.0. The van der Waals surface area contributed by atoms with Crippen LogP contribution in [0.1, 0.15) is 25.8 Å². The Morgan fingerprint density at radius 2 is 1.93 bits per heavy atom. The van der Waals surface area contributed by atoms with Crippen LogP contribution in [0, 0.1) is 5.82 Å². The SMILES string of the molecule is COc1cccc(C(C)(C)C(=O)Nc2ccc(-c3cnc4nc3NCCCNSc3cccc(c3)N4)cc2F)c1. The summed E-state index contributed by atoms with van der Waals surface area (Å²) in [5, 5.41) is 9.36. The minimum absolute atomic E-state index is 0.0975. The van der Waals surface area contributed by atoms with E-state index in [4.69, 9.17) is 4.74 Å². The molecule has 0 radical (unpaired) electrons. The van der Waals surface area contributed by atoms with Crippen LogP contribution in [-0.4, -0.2) is 36.1 Å². The predicted octanol–water partition coefficient (Wildman–Crippen LogP) is 6.36. The van der Waals surface area contributed by atoms with Crippen molar-refractivity contribution in [1.82, 2.24) is 14.7 Å². The molecule has 0 saturated heterocycles. The van der Waals surface area contributed by atoms with Gasteiger partial charge in [-0.1, -0.05) is 24.3 Å². The van der Waals surface area contributed by atoms with Gasteiger partial charge in [-0.2, -0.15) is 4.98 Å². The van der Waals surface area contributed by atoms with Crippen molar-refractivity contribution < 1.29 is 13.9 Å². The van der Waals surface area contributed by atoms with Crippen LogP contribution in [0.4, 0.5) is 27.5 Å². The molecule has 10 heteroatoms. The van der Waals surface area contributed by atoms with Crippen molar-refractivity contribution in [3.05, 3.63) is 84.3 Å². The van der Waals surface area contributed by atoms with Crippen molar-refractivity contribution in [3.8, 4) is 16.9 Å². The Bertz CT molecular complexity index is 1530. The maximum absolute atomic E-state index is 15.3. The Kier molecular flexibility index (Phi) is 8.18. The summed E-state index contributed by atoms with van der Waals surface area (Å²) in [4.78, 5) is 23.5. The second kappa shape index (κ2) is 11.9. The number of nitrogens with zero attached hydrogens (tertiary/aromatic N) is 2. The van der Waals surface area contributed by atoms with Crippen LogP contribution in [0.25, 0.3) is 11.1 Å². The number of methoxy groups -OCH3 is 1. The van der Waals surface area contributed by atoms with Crippen LogP contribution in [0.15, 0.2) is 77.8 Å². The second-order valence-corrected chi connectivity index (χ2v) is 10.9. The Morgan fingerprint density at radius 1 is 1.07 bits per heavy atom. The van der Waals surface area contributed by atoms with E-state index in [2.05, 4.69) is 30.6 Å². The number of benzene rings is 3. The molecule has 4 N–H and O–H groups in total. The van der Waals surface area contributed by atoms with E-state index in [1.807, 2.05) is 48.5 Å². The first-order valence-corrected chi connectivity index (χ1v) is 13.8. The Balaban J connectivity index is 1.39. The highest BCUT2D eigenvalue weighted by atomic mass is 32.2. The monoisotopic (exact) mass is 558 g/mol. The molecule has 0 atom stereocenters. The summed E-state index contributed by atoms with van der Waals surface area (Å²) in [5.74, 6) is 0.796. The van der Waals surface area contributed by atoms with Gasteiger partial charge < -0.3 is 20.7 Å². The van der Waals surface area contributed by atoms with Crippen LogP contribution >= 0.6 is 11.9 Å². The molecule has 1 aromatic heterocycles. The molecule has 8 nitrogen and oxygen atoms in total. The van der Waals surface area contributed by atoms with E-state index in [1.54, 1.807) is 51.2 Å². The van der Waals surface area contributed by atoms with Crippen molar-refractivity contribution in [3.63, 3.8) is 0 Å². The van der Waals surface area contributed by atoms with E-state index in [-0.39, 0.29) is 11.6 Å². The molecule has 4 aromatic rings. The van der Waals surface area contributed by atoms with Gasteiger partial charge >= 0.3 is 0 Å². The van der Waals surface area contributed by atoms with Crippen molar-refractivity contribution >= 4 is 41.0 Å². The van der Waals surface area contributed by atoms with Gasteiger partial charge in [0.2, 0.25) is 11.9 Å². The third kappa shape index (κ3) is 6.19. The van der Waals surface area contributed by atoms with Gasteiger partial charge in [0.25, 0.3) is 0 Å². The maximum atomic E-state index is 15.3. The number of ether oxygens (including phenoxy) is 1. The number of anilines is 4. The number of amides is 1. The summed E-state index contributed by atoms with van der Waals surface area (Å²) < 4.78 is 24.0. The average molecular weight is 559 g/mol. The van der Waals surface area contributed by atoms with Gasteiger partial charge in [0.15, 0.2) is 0 Å². The molecule has 0 unspecified atom stereocenters. The molecule has 0 saturated carbocycles. The molecule has 1 aliphatic rings. The van der Waals surface area contributed by atoms with E-state index in [0.29, 0.717) is 35.2 Å². The Hall–Kier alpha value is -4.15. The Morgan fingerprint density at radius 3 is 2.75 bits per heavy atom. The molecule has 5 rings (SSSR count). The summed E-state index contributed by atoms with van der Waals surface area (Å²) in [5.41, 5.74) is 2.07. The third-order valence-electron chi connectivity index (χ3n) is 6.70. The van der Waals surface area contributed by atoms with Crippen LogP contribution in [0.3, 0.4) is 0 Å². The topological polar surface area (TPSA) is 100 Å². The van der Waals surface area contributed by atoms with Crippen LogP contribution in [-0.2, 0) is 10.2 Å². The lowest BCUT2D eigenvalue weighted by Crippen LogP contribution is -2.35. The highest BCUT2D eigenvalue weighted by Gasteiger charge is 2.31. The largest absolute Gasteiger partial charge is 0.497 e. The normalized spacial score (nSPS) is 13.5. The first-order chi connectivity index (χ1) is 19.3. The number of carbonyl (C=O) groups is 1. The quantitative estimate of drug-likeness (QED) is 0.210. The molecule has 0 fully saturated rings. The maximum Gasteiger partial charge on any atom is 0.234 e. The van der Waals surface area contributed by atoms with Gasteiger partial charge in [-0.3, -0.25) is 9.52 Å². The molecule has 1 amide bonds. The van der Waals surface area contributed by atoms with E-state index in [9.17, 15) is 4.79 Å². The van der Waals surface area contributed by atoms with E-state index >= 15 is 4.39 Å². The third-order valence-corrected chi connectivity index (χ3v) is 7.54. The number of hydrogen-bond donors (Lipinski definition) is 4. The number of hydrogen-bond acceptors (Lipinski definition) is 8. The summed E-state index contributed by atoms with van der Waals surface area (Å²) in [6.45, 7) is 5.06. The van der Waals surface area contributed by atoms with Crippen LogP contribution in [0.2, 0.25) is 0 Å². The van der Waals surface area contributed by atoms with Crippen molar-refractivity contribution in [2.45, 2.75) is 30.6 Å². The average Bonchev–Trinajstić information content (AvgIpc) is 2.96. The van der Waals surface area contributed by atoms with Crippen molar-refractivity contribution in [2.24, 2.45) is 0 Å². The van der Waals surface area contributed by atoms with E-state index in [0.717, 1.165) is 29.1 Å². The lowest BCUT2D eigenvalue weighted by molar-refractivity contribution is -0.120. The number of fused-ring (bicyclic) bond motifs is 4. The standard InChI is InChI=1S/C30H31FN6O2S/c1-30(2,20-7-4-9-22(16-20)39-3)28(38)36-26-12-11-19(15-25(26)31)24-18-33-29-35-21-8-5-10-23(17-21)40-34-14-6-13-32-27(24)37-29/h4-5,7-12,15-18,34H,6,13-14H2,1-3H3,(H,36,38)(H2,32,33,35,37). The summed E-state index contributed by atoms with van der Waals surface area (Å²) in [7, 11) is 1.58. The summed E-state index contributed by atoms with van der Waals surface area (Å²) >= 11 is 1.58. The first-order valence-electron chi connectivity index (χ1n) is 13.0. The Labute approximate surface area is 237 Å². The zero-order valence-corrected chi connectivity index (χ0v) is 23.4. The number of aromatic nitrogens is 2. The fraction of sp³-hybridized carbons (Fsp3) is 0.233. The van der Waals surface area contributed by atoms with Gasteiger partial charge in [0, 0.05) is 35.4 Å². The number of rotatable bonds is 5. The molecule has 3 aromatic carbocycles. The first kappa shape index (κ1) is 27.4. The number of carbonyl (C=O) groups excluding carboxylic acids is 1. The van der Waals surface area contributed by atoms with E-state index < -0.39 is 11.2 Å². The van der Waals surface area contributed by atoms with Crippen LogP contribution < -0.4 is 25.4 Å². The fourth-order valence-corrected chi connectivity index (χ4v) is 5.01. The lowest BCUT2D eigenvalue weighted by atomic mass is 9.83. The van der Waals surface area contributed by atoms with E-state index in [1.165, 1.54) is 6.07 Å². The zero-order chi connectivity index (χ0) is 28.1. The zero-order valence-electron chi connectivity index (χ0n) is 22.5. The molecule has 1 aliphatic heterocycles. The highest BCUT2D eigenvalue weighted by Crippen LogP contribution is 2.32. The molecule has 206 valence electrons. The van der Waals surface area contributed by atoms with Gasteiger partial charge in [-0.15, -0.1) is 0 Å². The molecule has 4 bridgehead atoms.